The van der Waals surface area contributed by atoms with E-state index in [-0.39, 0.29) is 29.3 Å². The van der Waals surface area contributed by atoms with E-state index in [1.54, 1.807) is 12.1 Å². The number of unbranched alkanes of at least 4 members (excludes halogenated alkanes) is 1. The molecule has 0 saturated carbocycles. The number of aliphatic hydroxyl groups is 1. The normalized spacial score (nSPS) is 13.2. The van der Waals surface area contributed by atoms with Gasteiger partial charge in [-0.25, -0.2) is 0 Å². The van der Waals surface area contributed by atoms with Crippen LogP contribution in [0, 0.1) is 10.8 Å². The highest BCUT2D eigenvalue weighted by molar-refractivity contribution is 5.94. The predicted molar refractivity (Wildman–Crippen MR) is 145 cm³/mol. The molecule has 3 N–H and O–H groups in total. The number of nitrogens with zero attached hydrogens (tertiary/aromatic N) is 3. The van der Waals surface area contributed by atoms with Crippen molar-refractivity contribution < 1.29 is 19.4 Å². The molecule has 1 unspecified atom stereocenters. The van der Waals surface area contributed by atoms with E-state index >= 15 is 0 Å². The van der Waals surface area contributed by atoms with Gasteiger partial charge in [0.05, 0.1) is 19.4 Å². The summed E-state index contributed by atoms with van der Waals surface area (Å²) in [6.45, 7) is 13.5. The minimum atomic E-state index is -0.220. The fourth-order valence-electron chi connectivity index (χ4n) is 4.31. The molecule has 37 heavy (non-hydrogen) atoms. The van der Waals surface area contributed by atoms with E-state index in [1.165, 1.54) is 0 Å². The van der Waals surface area contributed by atoms with Crippen molar-refractivity contribution in [2.24, 2.45) is 10.8 Å². The summed E-state index contributed by atoms with van der Waals surface area (Å²) in [6.07, 6.45) is 5.78. The number of carbonyl (C=O) groups excluding carboxylic acids is 2. The molecule has 9 nitrogen and oxygen atoms in total. The number of aliphatic hydroxyl groups excluding tert-OH is 1. The first-order valence-electron chi connectivity index (χ1n) is 13.3. The standard InChI is InChI=1S/C28H45N5O4/c1-6-25(35)29-14-9-15-30-26(36)23-12-10-22(11-13-23)24-18-33(32-31-24)16-7-8-17-37-21-28(5,20-34)19-27(2,3)4/h10-13,18,34H,6-9,14-17,19-21H2,1-5H3,(H,29,35)(H,30,36). The fraction of sp³-hybridized carbons (Fsp3) is 0.643. The van der Waals surface area contributed by atoms with Crippen molar-refractivity contribution in [3.8, 4) is 11.3 Å². The highest BCUT2D eigenvalue weighted by atomic mass is 16.5. The van der Waals surface area contributed by atoms with E-state index in [0.29, 0.717) is 44.7 Å². The molecule has 1 atom stereocenters. The second kappa shape index (κ2) is 14.8. The number of aryl methyl sites for hydroxylation is 1. The van der Waals surface area contributed by atoms with Gasteiger partial charge in [-0.3, -0.25) is 14.3 Å². The average Bonchev–Trinajstić information content (AvgIpc) is 3.33. The van der Waals surface area contributed by atoms with E-state index < -0.39 is 0 Å². The van der Waals surface area contributed by atoms with E-state index in [4.69, 9.17) is 4.74 Å². The summed E-state index contributed by atoms with van der Waals surface area (Å²) in [4.78, 5) is 23.5. The first-order chi connectivity index (χ1) is 17.5. The topological polar surface area (TPSA) is 118 Å². The molecule has 1 heterocycles. The van der Waals surface area contributed by atoms with Gasteiger partial charge in [0.15, 0.2) is 0 Å². The molecule has 2 aromatic rings. The molecular weight excluding hydrogens is 470 g/mol. The molecule has 0 fully saturated rings. The lowest BCUT2D eigenvalue weighted by molar-refractivity contribution is -0.120. The van der Waals surface area contributed by atoms with Crippen molar-refractivity contribution in [1.82, 2.24) is 25.6 Å². The van der Waals surface area contributed by atoms with Crippen molar-refractivity contribution in [3.05, 3.63) is 36.0 Å². The Bertz CT molecular complexity index is 968. The lowest BCUT2D eigenvalue weighted by Gasteiger charge is -2.33. The van der Waals surface area contributed by atoms with Crippen LogP contribution >= 0.6 is 0 Å². The molecule has 0 spiro atoms. The Morgan fingerprint density at radius 1 is 1.03 bits per heavy atom. The summed E-state index contributed by atoms with van der Waals surface area (Å²) < 4.78 is 7.70. The molecule has 1 aromatic heterocycles. The predicted octanol–water partition coefficient (Wildman–Crippen LogP) is 3.82. The van der Waals surface area contributed by atoms with Gasteiger partial charge in [-0.1, -0.05) is 52.0 Å². The van der Waals surface area contributed by atoms with Gasteiger partial charge >= 0.3 is 0 Å². The third-order valence-electron chi connectivity index (χ3n) is 5.98. The lowest BCUT2D eigenvalue weighted by atomic mass is 9.76. The number of hydrogen-bond donors (Lipinski definition) is 3. The van der Waals surface area contributed by atoms with Crippen LogP contribution in [0.15, 0.2) is 30.5 Å². The monoisotopic (exact) mass is 515 g/mol. The fourth-order valence-corrected chi connectivity index (χ4v) is 4.31. The van der Waals surface area contributed by atoms with Gasteiger partial charge < -0.3 is 20.5 Å². The number of aromatic nitrogens is 3. The molecule has 0 aliphatic rings. The third kappa shape index (κ3) is 11.4. The maximum Gasteiger partial charge on any atom is 0.251 e. The van der Waals surface area contributed by atoms with Crippen LogP contribution in [0.4, 0.5) is 0 Å². The van der Waals surface area contributed by atoms with Gasteiger partial charge in [-0.05, 0) is 43.2 Å². The summed E-state index contributed by atoms with van der Waals surface area (Å²) in [7, 11) is 0. The molecule has 0 radical (unpaired) electrons. The summed E-state index contributed by atoms with van der Waals surface area (Å²) in [5.74, 6) is -0.127. The number of rotatable bonds is 16. The van der Waals surface area contributed by atoms with Crippen LogP contribution in [0.25, 0.3) is 11.3 Å². The van der Waals surface area contributed by atoms with Crippen LogP contribution in [0.3, 0.4) is 0 Å². The van der Waals surface area contributed by atoms with E-state index in [1.807, 2.05) is 29.9 Å². The molecule has 2 amide bonds. The lowest BCUT2D eigenvalue weighted by Crippen LogP contribution is -2.32. The molecule has 0 bridgehead atoms. The Kier molecular flexibility index (Phi) is 12.2. The van der Waals surface area contributed by atoms with E-state index in [9.17, 15) is 14.7 Å². The zero-order chi connectivity index (χ0) is 27.3. The summed E-state index contributed by atoms with van der Waals surface area (Å²) in [6, 6.07) is 7.29. The second-order valence-corrected chi connectivity index (χ2v) is 11.2. The summed E-state index contributed by atoms with van der Waals surface area (Å²) >= 11 is 0. The Labute approximate surface area is 221 Å². The van der Waals surface area contributed by atoms with Crippen molar-refractivity contribution >= 4 is 11.8 Å². The Balaban J connectivity index is 1.70. The second-order valence-electron chi connectivity index (χ2n) is 11.2. The zero-order valence-corrected chi connectivity index (χ0v) is 23.2. The largest absolute Gasteiger partial charge is 0.396 e. The number of benzene rings is 1. The molecule has 1 aromatic carbocycles. The third-order valence-corrected chi connectivity index (χ3v) is 5.98. The maximum atomic E-state index is 12.3. The molecule has 0 aliphatic carbocycles. The zero-order valence-electron chi connectivity index (χ0n) is 23.2. The Morgan fingerprint density at radius 2 is 1.73 bits per heavy atom. The Morgan fingerprint density at radius 3 is 2.38 bits per heavy atom. The summed E-state index contributed by atoms with van der Waals surface area (Å²) in [5, 5.41) is 23.9. The molecule has 2 rings (SSSR count). The first kappa shape index (κ1) is 30.4. The van der Waals surface area contributed by atoms with Crippen molar-refractivity contribution in [2.75, 3.05) is 32.9 Å². The summed E-state index contributed by atoms with van der Waals surface area (Å²) in [5.41, 5.74) is 2.16. The number of hydrogen-bond acceptors (Lipinski definition) is 6. The SMILES string of the molecule is CCC(=O)NCCCNC(=O)c1ccc(-c2cn(CCCCOCC(C)(CO)CC(C)(C)C)nn2)cc1. The van der Waals surface area contributed by atoms with Crippen LogP contribution in [-0.4, -0.2) is 64.8 Å². The number of amides is 2. The van der Waals surface area contributed by atoms with Crippen LogP contribution in [-0.2, 0) is 16.1 Å². The molecule has 0 saturated heterocycles. The quantitative estimate of drug-likeness (QED) is 0.293. The molecular formula is C28H45N5O4. The maximum absolute atomic E-state index is 12.3. The average molecular weight is 516 g/mol. The van der Waals surface area contributed by atoms with Crippen LogP contribution in [0.5, 0.6) is 0 Å². The minimum Gasteiger partial charge on any atom is -0.396 e. The smallest absolute Gasteiger partial charge is 0.251 e. The first-order valence-corrected chi connectivity index (χ1v) is 13.3. The van der Waals surface area contributed by atoms with Gasteiger partial charge in [0, 0.05) is 49.2 Å². The molecule has 0 aliphatic heterocycles. The molecule has 206 valence electrons. The number of nitrogens with one attached hydrogen (secondary N) is 2. The van der Waals surface area contributed by atoms with E-state index in [2.05, 4.69) is 48.6 Å². The van der Waals surface area contributed by atoms with Crippen LogP contribution < -0.4 is 10.6 Å². The molecule has 9 heteroatoms. The van der Waals surface area contributed by atoms with Crippen LogP contribution in [0.2, 0.25) is 0 Å². The minimum absolute atomic E-state index is 0.0151. The van der Waals surface area contributed by atoms with E-state index in [0.717, 1.165) is 37.1 Å². The van der Waals surface area contributed by atoms with Crippen molar-refractivity contribution in [2.45, 2.75) is 73.3 Å². The number of ether oxygens (including phenoxy) is 1. The van der Waals surface area contributed by atoms with Crippen molar-refractivity contribution in [1.29, 1.82) is 0 Å². The van der Waals surface area contributed by atoms with Gasteiger partial charge in [-0.15, -0.1) is 5.10 Å². The Hall–Kier alpha value is -2.78. The number of carbonyl (C=O) groups is 2. The van der Waals surface area contributed by atoms with Gasteiger partial charge in [0.1, 0.15) is 5.69 Å². The van der Waals surface area contributed by atoms with Gasteiger partial charge in [0.2, 0.25) is 5.91 Å². The van der Waals surface area contributed by atoms with Gasteiger partial charge in [-0.2, -0.15) is 0 Å². The van der Waals surface area contributed by atoms with Gasteiger partial charge in [0.25, 0.3) is 5.91 Å². The highest BCUT2D eigenvalue weighted by Crippen LogP contribution is 2.33. The van der Waals surface area contributed by atoms with Crippen molar-refractivity contribution in [3.63, 3.8) is 0 Å². The highest BCUT2D eigenvalue weighted by Gasteiger charge is 2.29. The van der Waals surface area contributed by atoms with Crippen LogP contribution in [0.1, 0.15) is 77.1 Å².